The first-order valence-electron chi connectivity index (χ1n) is 10.0. The zero-order valence-electron chi connectivity index (χ0n) is 18.2. The Hall–Kier alpha value is -1.57. The van der Waals surface area contributed by atoms with Crippen LogP contribution < -0.4 is 0 Å². The molecule has 7 heteroatoms. The number of hydrogen-bond donors (Lipinski definition) is 1. The van der Waals surface area contributed by atoms with Crippen molar-refractivity contribution in [3.63, 3.8) is 0 Å². The average molecular weight is 453 g/mol. The quantitative estimate of drug-likeness (QED) is 0.666. The molecule has 0 fully saturated rings. The monoisotopic (exact) mass is 452 g/mol. The summed E-state index contributed by atoms with van der Waals surface area (Å²) in [4.78, 5) is 13.2. The molecule has 1 aliphatic carbocycles. The van der Waals surface area contributed by atoms with Crippen molar-refractivity contribution in [2.45, 2.75) is 75.0 Å². The van der Waals surface area contributed by atoms with E-state index in [1.165, 1.54) is 18.2 Å². The van der Waals surface area contributed by atoms with E-state index >= 15 is 0 Å². The number of sulfone groups is 1. The van der Waals surface area contributed by atoms with Crippen LogP contribution in [-0.4, -0.2) is 25.1 Å². The van der Waals surface area contributed by atoms with Crippen LogP contribution >= 0.6 is 11.3 Å². The van der Waals surface area contributed by atoms with Crippen molar-refractivity contribution in [3.05, 3.63) is 51.7 Å². The van der Waals surface area contributed by atoms with Gasteiger partial charge in [0.05, 0.1) is 5.60 Å². The maximum atomic E-state index is 14.2. The second-order valence-corrected chi connectivity index (χ2v) is 12.8. The topological polar surface area (TPSA) is 71.4 Å². The molecule has 4 nitrogen and oxygen atoms in total. The second-order valence-electron chi connectivity index (χ2n) is 9.69. The van der Waals surface area contributed by atoms with Gasteiger partial charge in [0.15, 0.2) is 15.6 Å². The molecule has 1 atom stereocenters. The third-order valence-corrected chi connectivity index (χ3v) is 9.07. The maximum Gasteiger partial charge on any atom is 0.194 e. The van der Waals surface area contributed by atoms with Gasteiger partial charge in [-0.25, -0.2) is 12.8 Å². The van der Waals surface area contributed by atoms with E-state index in [0.29, 0.717) is 12.0 Å². The highest BCUT2D eigenvalue weighted by molar-refractivity contribution is 7.94. The average Bonchev–Trinajstić information content (AvgIpc) is 3.18. The number of carbonyl (C=O) groups excluding carboxylic acids is 1. The lowest BCUT2D eigenvalue weighted by atomic mass is 9.85. The van der Waals surface area contributed by atoms with Crippen LogP contribution in [0.1, 0.15) is 82.1 Å². The lowest BCUT2D eigenvalue weighted by Crippen LogP contribution is -2.23. The first kappa shape index (κ1) is 23.1. The van der Waals surface area contributed by atoms with Gasteiger partial charge in [-0.3, -0.25) is 4.79 Å². The Labute approximate surface area is 182 Å². The van der Waals surface area contributed by atoms with Gasteiger partial charge in [0.1, 0.15) is 15.8 Å². The van der Waals surface area contributed by atoms with Crippen LogP contribution in [0.25, 0.3) is 0 Å². The highest BCUT2D eigenvalue weighted by Gasteiger charge is 2.43. The van der Waals surface area contributed by atoms with Crippen LogP contribution in [0.4, 0.5) is 4.39 Å². The van der Waals surface area contributed by atoms with Gasteiger partial charge in [0.25, 0.3) is 0 Å². The molecule has 1 aliphatic rings. The van der Waals surface area contributed by atoms with Crippen LogP contribution in [0.5, 0.6) is 0 Å². The van der Waals surface area contributed by atoms with Crippen molar-refractivity contribution in [1.82, 2.24) is 0 Å². The van der Waals surface area contributed by atoms with Gasteiger partial charge in [0, 0.05) is 5.92 Å². The normalized spacial score (nSPS) is 18.6. The van der Waals surface area contributed by atoms with Crippen LogP contribution in [0.15, 0.2) is 27.8 Å². The number of rotatable bonds is 6. The zero-order valence-corrected chi connectivity index (χ0v) is 19.9. The molecule has 0 spiro atoms. The number of Topliss-reactive ketones (excluding diaryl/α,β-unsaturated/α-hetero) is 1. The number of benzene rings is 1. The van der Waals surface area contributed by atoms with Crippen LogP contribution in [0, 0.1) is 5.82 Å². The number of fused-ring (bicyclic) bond motifs is 1. The summed E-state index contributed by atoms with van der Waals surface area (Å²) < 4.78 is 40.2. The smallest absolute Gasteiger partial charge is 0.194 e. The Morgan fingerprint density at radius 2 is 1.93 bits per heavy atom. The number of halogens is 1. The van der Waals surface area contributed by atoms with Gasteiger partial charge in [-0.1, -0.05) is 27.7 Å². The zero-order chi connectivity index (χ0) is 22.6. The van der Waals surface area contributed by atoms with Crippen molar-refractivity contribution < 1.29 is 22.7 Å². The fraction of sp³-hybridized carbons (Fsp3) is 0.522. The van der Waals surface area contributed by atoms with Crippen LogP contribution in [-0.2, 0) is 25.6 Å². The fourth-order valence-corrected chi connectivity index (χ4v) is 6.95. The minimum Gasteiger partial charge on any atom is -0.386 e. The SMILES string of the molecule is CC(C)c1cc(F)cc2c1C(C(=O)CS(=O)(=O)c1cc(C(C)(C)O)cs1)CC2(C)C. The van der Waals surface area contributed by atoms with Gasteiger partial charge < -0.3 is 5.11 Å². The van der Waals surface area contributed by atoms with Crippen molar-refractivity contribution in [1.29, 1.82) is 0 Å². The first-order valence-corrected chi connectivity index (χ1v) is 12.6. The summed E-state index contributed by atoms with van der Waals surface area (Å²) in [6, 6.07) is 4.39. The molecule has 0 saturated carbocycles. The van der Waals surface area contributed by atoms with E-state index in [1.807, 2.05) is 27.7 Å². The molecule has 1 heterocycles. The maximum absolute atomic E-state index is 14.2. The van der Waals surface area contributed by atoms with Crippen molar-refractivity contribution in [3.8, 4) is 0 Å². The van der Waals surface area contributed by atoms with Gasteiger partial charge in [-0.2, -0.15) is 0 Å². The molecular weight excluding hydrogens is 423 g/mol. The number of ketones is 1. The van der Waals surface area contributed by atoms with E-state index < -0.39 is 32.5 Å². The van der Waals surface area contributed by atoms with E-state index in [0.717, 1.165) is 28.0 Å². The standard InChI is InChI=1S/C23H29FO4S2/c1-13(2)16-8-15(24)9-18-21(16)17(10-22(18,3)4)19(25)12-30(27,28)20-7-14(11-29-20)23(5,6)26/h7-9,11,13,17,26H,10,12H2,1-6H3. The number of aliphatic hydroxyl groups is 1. The molecule has 30 heavy (non-hydrogen) atoms. The van der Waals surface area contributed by atoms with Gasteiger partial charge in [0.2, 0.25) is 0 Å². The fourth-order valence-electron chi connectivity index (χ4n) is 4.22. The van der Waals surface area contributed by atoms with E-state index in [1.54, 1.807) is 19.2 Å². The summed E-state index contributed by atoms with van der Waals surface area (Å²) in [6.45, 7) is 11.0. The van der Waals surface area contributed by atoms with Crippen LogP contribution in [0.3, 0.4) is 0 Å². The predicted molar refractivity (Wildman–Crippen MR) is 117 cm³/mol. The van der Waals surface area contributed by atoms with E-state index in [9.17, 15) is 22.7 Å². The summed E-state index contributed by atoms with van der Waals surface area (Å²) in [5.74, 6) is -1.86. The lowest BCUT2D eigenvalue weighted by Gasteiger charge is -2.20. The van der Waals surface area contributed by atoms with Crippen molar-refractivity contribution in [2.75, 3.05) is 5.75 Å². The van der Waals surface area contributed by atoms with Gasteiger partial charge in [-0.15, -0.1) is 11.3 Å². The van der Waals surface area contributed by atoms with E-state index in [-0.39, 0.29) is 21.7 Å². The van der Waals surface area contributed by atoms with Crippen molar-refractivity contribution in [2.24, 2.45) is 0 Å². The molecule has 1 aromatic heterocycles. The van der Waals surface area contributed by atoms with E-state index in [2.05, 4.69) is 0 Å². The largest absolute Gasteiger partial charge is 0.386 e. The molecule has 0 bridgehead atoms. The molecule has 0 radical (unpaired) electrons. The molecule has 0 aliphatic heterocycles. The first-order chi connectivity index (χ1) is 13.6. The number of hydrogen-bond acceptors (Lipinski definition) is 5. The predicted octanol–water partition coefficient (Wildman–Crippen LogP) is 5.05. The minimum atomic E-state index is -3.83. The molecule has 3 rings (SSSR count). The number of carbonyl (C=O) groups is 1. The molecule has 0 amide bonds. The lowest BCUT2D eigenvalue weighted by molar-refractivity contribution is -0.118. The Bertz CT molecular complexity index is 1090. The van der Waals surface area contributed by atoms with Crippen LogP contribution in [0.2, 0.25) is 0 Å². The van der Waals surface area contributed by atoms with E-state index in [4.69, 9.17) is 0 Å². The molecule has 1 aromatic carbocycles. The Kier molecular flexibility index (Phi) is 5.80. The Morgan fingerprint density at radius 1 is 1.30 bits per heavy atom. The van der Waals surface area contributed by atoms with Crippen molar-refractivity contribution >= 4 is 27.0 Å². The highest BCUT2D eigenvalue weighted by atomic mass is 32.2. The third-order valence-electron chi connectivity index (χ3n) is 5.90. The summed E-state index contributed by atoms with van der Waals surface area (Å²) in [7, 11) is -3.83. The molecule has 2 aromatic rings. The molecule has 1 N–H and O–H groups in total. The summed E-state index contributed by atoms with van der Waals surface area (Å²) >= 11 is 1.01. The number of thiophene rings is 1. The Balaban J connectivity index is 1.97. The molecule has 0 saturated heterocycles. The summed E-state index contributed by atoms with van der Waals surface area (Å²) in [6.07, 6.45) is 0.458. The third kappa shape index (κ3) is 4.25. The molecular formula is C23H29FO4S2. The highest BCUT2D eigenvalue weighted by Crippen LogP contribution is 2.49. The minimum absolute atomic E-state index is 0.0156. The van der Waals surface area contributed by atoms with Gasteiger partial charge >= 0.3 is 0 Å². The Morgan fingerprint density at radius 3 is 2.47 bits per heavy atom. The second kappa shape index (κ2) is 7.53. The molecule has 1 unspecified atom stereocenters. The summed E-state index contributed by atoms with van der Waals surface area (Å²) in [5.41, 5.74) is 1.29. The van der Waals surface area contributed by atoms with Gasteiger partial charge in [-0.05, 0) is 77.4 Å². The molecule has 164 valence electrons. The summed E-state index contributed by atoms with van der Waals surface area (Å²) in [5, 5.41) is 11.7.